The number of ether oxygens (including phenoxy) is 3. The fraction of sp³-hybridized carbons (Fsp3) is 0.556. The van der Waals surface area contributed by atoms with Crippen LogP contribution in [0.15, 0.2) is 108 Å². The Hall–Kier alpha value is -8.85. The first-order valence-electron chi connectivity index (χ1n) is 33.5. The number of anilines is 2. The van der Waals surface area contributed by atoms with E-state index < -0.39 is 120 Å². The molecule has 0 bridgehead atoms. The highest BCUT2D eigenvalue weighted by molar-refractivity contribution is 6.36. The van der Waals surface area contributed by atoms with Crippen LogP contribution < -0.4 is 21.3 Å². The first-order valence-corrected chi connectivity index (χ1v) is 33.5. The molecule has 3 aromatic carbocycles. The molecule has 4 aromatic rings. The average molecular weight is 1530 g/mol. The van der Waals surface area contributed by atoms with Crippen LogP contribution in [0.1, 0.15) is 172 Å². The van der Waals surface area contributed by atoms with Crippen LogP contribution >= 0.6 is 0 Å². The largest absolute Gasteiger partial charge is 0.474 e. The number of carbonyl (C=O) groups excluding carboxylic acids is 7. The zero-order chi connectivity index (χ0) is 80.4. The number of likely N-dealkylation sites (tertiary alicyclic amines) is 1. The number of hydrogen-bond donors (Lipinski definition) is 5. The number of aliphatic carboxylic acids is 1. The van der Waals surface area contributed by atoms with Gasteiger partial charge in [0.25, 0.3) is 0 Å². The number of esters is 1. The van der Waals surface area contributed by atoms with Gasteiger partial charge in [-0.3, -0.25) is 34.3 Å². The molecule has 4 aliphatic heterocycles. The Kier molecular flexibility index (Phi) is 34.6. The molecule has 6 atom stereocenters. The molecule has 0 radical (unpaired) electrons. The molecule has 3 saturated heterocycles. The molecule has 5 amide bonds. The Morgan fingerprint density at radius 1 is 0.585 bits per heavy atom. The topological polar surface area (TPSA) is 261 Å². The van der Waals surface area contributed by atoms with E-state index in [2.05, 4.69) is 31.2 Å². The number of piperidine rings is 3. The number of amides is 5. The Balaban J connectivity index is 0.000000334. The highest BCUT2D eigenvalue weighted by Crippen LogP contribution is 2.39. The molecule has 1 aromatic heterocycles. The summed E-state index contributed by atoms with van der Waals surface area (Å²) in [6.07, 6.45) is -22.2. The average Bonchev–Trinajstić information content (AvgIpc) is 0.819. The number of benzene rings is 3. The number of hydrogen-bond acceptors (Lipinski definition) is 14. The number of halogens is 15. The molecule has 4 aliphatic rings. The Morgan fingerprint density at radius 2 is 1.08 bits per heavy atom. The van der Waals surface area contributed by atoms with Gasteiger partial charge in [-0.15, -0.1) is 0 Å². The van der Waals surface area contributed by atoms with Crippen molar-refractivity contribution in [2.24, 2.45) is 34.6 Å². The van der Waals surface area contributed by atoms with Gasteiger partial charge in [0.1, 0.15) is 22.6 Å². The molecule has 0 saturated carbocycles. The number of nitrogens with one attached hydrogen (secondary N) is 4. The molecule has 3 fully saturated rings. The van der Waals surface area contributed by atoms with E-state index in [0.29, 0.717) is 28.9 Å². The number of alkyl halides is 15. The van der Waals surface area contributed by atoms with Crippen LogP contribution in [-0.2, 0) is 38.2 Å². The van der Waals surface area contributed by atoms with Crippen molar-refractivity contribution in [3.63, 3.8) is 0 Å². The van der Waals surface area contributed by atoms with Crippen molar-refractivity contribution in [3.8, 4) is 0 Å². The molecule has 590 valence electrons. The van der Waals surface area contributed by atoms with Gasteiger partial charge < -0.3 is 35.3 Å². The maximum absolute atomic E-state index is 13.1. The van der Waals surface area contributed by atoms with Crippen LogP contribution in [0, 0.1) is 36.5 Å². The summed E-state index contributed by atoms with van der Waals surface area (Å²) >= 11 is 0. The lowest BCUT2D eigenvalue weighted by Gasteiger charge is -2.33. The molecule has 0 spiro atoms. The molecule has 0 aliphatic carbocycles. The summed E-state index contributed by atoms with van der Waals surface area (Å²) in [5.74, 6) is -11.6. The van der Waals surface area contributed by atoms with Gasteiger partial charge >= 0.3 is 60.9 Å². The van der Waals surface area contributed by atoms with Gasteiger partial charge in [0.05, 0.1) is 48.0 Å². The van der Waals surface area contributed by atoms with Gasteiger partial charge in [0.2, 0.25) is 11.8 Å². The van der Waals surface area contributed by atoms with Crippen molar-refractivity contribution in [1.29, 1.82) is 0 Å². The molecule has 106 heavy (non-hydrogen) atoms. The Bertz CT molecular complexity index is 3500. The summed E-state index contributed by atoms with van der Waals surface area (Å²) in [6, 6.07) is 28.8. The van der Waals surface area contributed by atoms with E-state index in [1.165, 1.54) is 12.3 Å². The molecule has 4 unspecified atom stereocenters. The van der Waals surface area contributed by atoms with Crippen molar-refractivity contribution in [1.82, 2.24) is 20.5 Å². The summed E-state index contributed by atoms with van der Waals surface area (Å²) in [4.78, 5) is 98.6. The summed E-state index contributed by atoms with van der Waals surface area (Å²) in [5.41, 5.74) is 1.75. The molecule has 5 N–H and O–H groups in total. The summed E-state index contributed by atoms with van der Waals surface area (Å²) < 4.78 is 202. The SMILES string of the molecule is CC(C)(C)OC(=O)CCC(CCC(=O)c1ccccc1)C(F)(F)F.CC(C)(C)OC(=O)N1CC(C(F)(F)F)CCC1=O.Cc1cc(NC(=O)C(=O)O)cnc1NC(=O)OC(C)(C)C.FC(F)(F)C1CCC(c2ccccc2)=NC1.FC(F)(F)[C@H]1CC[C@H](c2ccccc2)NC1.O=C1CCC(C(F)(F)F)CN1. The van der Waals surface area contributed by atoms with Crippen molar-refractivity contribution in [3.05, 3.63) is 126 Å². The number of nitrogens with zero attached hydrogens (tertiary/aromatic N) is 3. The van der Waals surface area contributed by atoms with E-state index in [0.717, 1.165) is 16.8 Å². The number of Topliss-reactive ketones (excluding diaryl/α,β-unsaturated/α-hetero) is 1. The van der Waals surface area contributed by atoms with E-state index >= 15 is 0 Å². The third-order valence-corrected chi connectivity index (χ3v) is 15.6. The Labute approximate surface area is 603 Å². The third kappa shape index (κ3) is 35.5. The number of aromatic nitrogens is 1. The zero-order valence-electron chi connectivity index (χ0n) is 60.0. The molecule has 19 nitrogen and oxygen atoms in total. The number of carbonyl (C=O) groups is 8. The number of imide groups is 1. The second-order valence-electron chi connectivity index (χ2n) is 27.9. The van der Waals surface area contributed by atoms with Gasteiger partial charge in [0, 0.05) is 62.6 Å². The minimum absolute atomic E-state index is 0.00975. The highest BCUT2D eigenvalue weighted by Gasteiger charge is 2.47. The smallest absolute Gasteiger partial charge is 0.417 e. The number of pyridine rings is 1. The van der Waals surface area contributed by atoms with Crippen LogP contribution in [0.25, 0.3) is 0 Å². The first-order chi connectivity index (χ1) is 48.7. The van der Waals surface area contributed by atoms with Crippen LogP contribution in [0.4, 0.5) is 87.0 Å². The predicted octanol–water partition coefficient (Wildman–Crippen LogP) is 17.2. The maximum atomic E-state index is 13.1. The third-order valence-electron chi connectivity index (χ3n) is 15.6. The van der Waals surface area contributed by atoms with Gasteiger partial charge in [-0.25, -0.2) is 24.3 Å². The van der Waals surface area contributed by atoms with Gasteiger partial charge in [0.15, 0.2) is 5.78 Å². The predicted molar refractivity (Wildman–Crippen MR) is 361 cm³/mol. The zero-order valence-corrected chi connectivity index (χ0v) is 60.0. The fourth-order valence-electron chi connectivity index (χ4n) is 10.1. The minimum atomic E-state index is -4.45. The summed E-state index contributed by atoms with van der Waals surface area (Å²) in [7, 11) is 0. The monoisotopic (exact) mass is 1530 g/mol. The van der Waals surface area contributed by atoms with Gasteiger partial charge in [-0.05, 0) is 143 Å². The van der Waals surface area contributed by atoms with Crippen LogP contribution in [0.2, 0.25) is 0 Å². The second kappa shape index (κ2) is 40.2. The first kappa shape index (κ1) is 91.4. The van der Waals surface area contributed by atoms with E-state index in [1.807, 2.05) is 60.7 Å². The lowest BCUT2D eigenvalue weighted by atomic mass is 9.91. The lowest BCUT2D eigenvalue weighted by molar-refractivity contribution is -0.188. The number of carboxylic acid groups (broad SMARTS) is 1. The molecular formula is C72H90F15N7O12. The van der Waals surface area contributed by atoms with E-state index in [9.17, 15) is 104 Å². The van der Waals surface area contributed by atoms with Crippen molar-refractivity contribution in [2.75, 3.05) is 36.8 Å². The second-order valence-corrected chi connectivity index (χ2v) is 27.9. The lowest BCUT2D eigenvalue weighted by Crippen LogP contribution is -2.49. The normalized spacial score (nSPS) is 18.9. The molecular weight excluding hydrogens is 1440 g/mol. The molecule has 8 rings (SSSR count). The number of rotatable bonds is 11. The minimum Gasteiger partial charge on any atom is -0.474 e. The van der Waals surface area contributed by atoms with Crippen LogP contribution in [0.3, 0.4) is 0 Å². The number of aryl methyl sites for hydroxylation is 1. The summed E-state index contributed by atoms with van der Waals surface area (Å²) in [6.45, 7) is 15.6. The van der Waals surface area contributed by atoms with E-state index in [4.69, 9.17) is 19.3 Å². The number of ketones is 1. The van der Waals surface area contributed by atoms with E-state index in [1.54, 1.807) is 99.6 Å². The number of aliphatic imine (C=N–C) groups is 1. The highest BCUT2D eigenvalue weighted by atomic mass is 19.4. The van der Waals surface area contributed by atoms with Crippen LogP contribution in [-0.4, -0.2) is 142 Å². The Morgan fingerprint density at radius 3 is 1.54 bits per heavy atom. The van der Waals surface area contributed by atoms with Gasteiger partial charge in [-0.1, -0.05) is 91.0 Å². The number of carboxylic acids is 1. The molecule has 34 heteroatoms. The van der Waals surface area contributed by atoms with Crippen molar-refractivity contribution in [2.45, 2.75) is 200 Å². The van der Waals surface area contributed by atoms with Gasteiger partial charge in [-0.2, -0.15) is 65.9 Å². The van der Waals surface area contributed by atoms with Crippen molar-refractivity contribution >= 4 is 64.8 Å². The quantitative estimate of drug-likeness (QED) is 0.0308. The van der Waals surface area contributed by atoms with Crippen molar-refractivity contribution < 1.29 is 124 Å². The standard InChI is InChI=1S/C18H23F3O3.C13H17N3O5.C12H14F3N.C12H12F3N.C11H16F3NO3.C6H8F3NO/c1-17(2,3)24-16(23)12-10-14(18(19,20)21)9-11-15(22)13-7-5-4-6-8-13;1-7-5-8(15-10(17)11(18)19)6-14-9(7)16-12(20)21-13(2,3)4;2*13-12(14,15)10-6-7-11(16-8-10)9-4-2-1-3-5-9;1-10(2,3)18-9(17)15-6-7(11(12,13)14)4-5-8(15)16;7-6(8,9)4-1-2-5(11)10-3-4/h4-8,14H,9-12H2,1-3H3;5-6H,1-4H3,(H,15,17)(H,18,19)(H,14,16,20);1-5,10-11,16H,6-8H2;1-5,10H,6-8H2;7H,4-6H2,1-3H3;4H,1-3H2,(H,10,11)/t;;10-,11+;;;/m..0.../s1. The van der Waals surface area contributed by atoms with E-state index in [-0.39, 0.29) is 113 Å². The maximum Gasteiger partial charge on any atom is 0.417 e. The molecule has 5 heterocycles. The van der Waals surface area contributed by atoms with Crippen LogP contribution in [0.5, 0.6) is 0 Å². The fourth-order valence-corrected chi connectivity index (χ4v) is 10.1. The summed E-state index contributed by atoms with van der Waals surface area (Å²) in [5, 5.41) is 18.3.